The van der Waals surface area contributed by atoms with Crippen LogP contribution in [0, 0.1) is 0 Å². The van der Waals surface area contributed by atoms with Gasteiger partial charge in [0.25, 0.3) is 0 Å². The fraction of sp³-hybridized carbons (Fsp3) is 0.217. The molecule has 0 atom stereocenters. The molecule has 0 aliphatic heterocycles. The second kappa shape index (κ2) is 9.64. The van der Waals surface area contributed by atoms with E-state index in [0.29, 0.717) is 37.0 Å². The van der Waals surface area contributed by atoms with Crippen molar-refractivity contribution >= 4 is 0 Å². The summed E-state index contributed by atoms with van der Waals surface area (Å²) in [6.45, 7) is 1.46. The van der Waals surface area contributed by atoms with E-state index in [0.717, 1.165) is 23.1 Å². The van der Waals surface area contributed by atoms with Crippen LogP contribution in [0.2, 0.25) is 0 Å². The molecular formula is C23H25NO3. The van der Waals surface area contributed by atoms with Crippen LogP contribution in [0.3, 0.4) is 0 Å². The predicted octanol–water partition coefficient (Wildman–Crippen LogP) is 4.35. The monoisotopic (exact) mass is 363 g/mol. The second-order valence-corrected chi connectivity index (χ2v) is 6.21. The first-order valence-electron chi connectivity index (χ1n) is 9.04. The minimum atomic E-state index is 0.440. The van der Waals surface area contributed by atoms with Crippen molar-refractivity contribution in [3.05, 3.63) is 89.5 Å². The second-order valence-electron chi connectivity index (χ2n) is 6.21. The Kier molecular flexibility index (Phi) is 6.72. The third-order valence-corrected chi connectivity index (χ3v) is 4.20. The maximum atomic E-state index is 6.10. The fourth-order valence-corrected chi connectivity index (χ4v) is 2.81. The van der Waals surface area contributed by atoms with Gasteiger partial charge in [-0.05, 0) is 41.8 Å². The molecule has 3 aromatic rings. The first-order chi connectivity index (χ1) is 13.3. The summed E-state index contributed by atoms with van der Waals surface area (Å²) in [5.74, 6) is 1.93. The number of nitrogens with two attached hydrogens (primary N) is 1. The molecule has 0 heterocycles. The summed E-state index contributed by atoms with van der Waals surface area (Å²) in [7, 11) is 1.64. The molecule has 0 aromatic heterocycles. The number of ether oxygens (including phenoxy) is 3. The summed E-state index contributed by atoms with van der Waals surface area (Å²) in [6, 6.07) is 24.0. The molecule has 0 amide bonds. The van der Waals surface area contributed by atoms with Gasteiger partial charge in [-0.25, -0.2) is 0 Å². The molecule has 3 aromatic carbocycles. The van der Waals surface area contributed by atoms with Crippen molar-refractivity contribution in [2.24, 2.45) is 5.73 Å². The van der Waals surface area contributed by atoms with Gasteiger partial charge in [0.15, 0.2) is 11.5 Å². The molecule has 0 unspecified atom stereocenters. The van der Waals surface area contributed by atoms with Gasteiger partial charge in [0, 0.05) is 0 Å². The highest BCUT2D eigenvalue weighted by molar-refractivity contribution is 5.54. The topological polar surface area (TPSA) is 53.7 Å². The molecule has 0 saturated heterocycles. The van der Waals surface area contributed by atoms with Crippen LogP contribution in [0.4, 0.5) is 0 Å². The van der Waals surface area contributed by atoms with Crippen molar-refractivity contribution < 1.29 is 14.2 Å². The number of hydrogen-bond acceptors (Lipinski definition) is 4. The van der Waals surface area contributed by atoms with Gasteiger partial charge < -0.3 is 19.9 Å². The van der Waals surface area contributed by atoms with Crippen LogP contribution in [-0.2, 0) is 19.6 Å². The maximum absolute atomic E-state index is 6.10. The zero-order valence-corrected chi connectivity index (χ0v) is 15.6. The molecule has 4 heteroatoms. The first-order valence-corrected chi connectivity index (χ1v) is 9.04. The standard InChI is InChI=1S/C23H25NO3/c1-25-21-14-20(12-13-24)15-22(26-16-18-8-4-2-5-9-18)23(21)27-17-19-10-6-3-7-11-19/h2-11,14-15H,12-13,16-17,24H2,1H3. The molecular weight excluding hydrogens is 338 g/mol. The van der Waals surface area contributed by atoms with Crippen molar-refractivity contribution in [2.45, 2.75) is 19.6 Å². The third-order valence-electron chi connectivity index (χ3n) is 4.20. The minimum Gasteiger partial charge on any atom is -0.493 e. The average molecular weight is 363 g/mol. The lowest BCUT2D eigenvalue weighted by Crippen LogP contribution is -2.06. The normalized spacial score (nSPS) is 10.4. The summed E-state index contributed by atoms with van der Waals surface area (Å²) in [6.07, 6.45) is 0.747. The van der Waals surface area contributed by atoms with Crippen molar-refractivity contribution in [1.29, 1.82) is 0 Å². The Balaban J connectivity index is 1.85. The molecule has 0 aliphatic rings. The average Bonchev–Trinajstić information content (AvgIpc) is 2.72. The van der Waals surface area contributed by atoms with Gasteiger partial charge in [-0.15, -0.1) is 0 Å². The van der Waals surface area contributed by atoms with Gasteiger partial charge in [0.1, 0.15) is 13.2 Å². The molecule has 3 rings (SSSR count). The third kappa shape index (κ3) is 5.25. The molecule has 27 heavy (non-hydrogen) atoms. The highest BCUT2D eigenvalue weighted by atomic mass is 16.5. The molecule has 0 bridgehead atoms. The molecule has 4 nitrogen and oxygen atoms in total. The Morgan fingerprint density at radius 1 is 0.704 bits per heavy atom. The zero-order valence-electron chi connectivity index (χ0n) is 15.6. The minimum absolute atomic E-state index is 0.440. The van der Waals surface area contributed by atoms with E-state index in [2.05, 4.69) is 0 Å². The highest BCUT2D eigenvalue weighted by Crippen LogP contribution is 2.39. The van der Waals surface area contributed by atoms with E-state index in [1.165, 1.54) is 0 Å². The lowest BCUT2D eigenvalue weighted by Gasteiger charge is -2.18. The van der Waals surface area contributed by atoms with Crippen LogP contribution in [0.5, 0.6) is 17.2 Å². The summed E-state index contributed by atoms with van der Waals surface area (Å²) in [4.78, 5) is 0. The first kappa shape index (κ1) is 18.8. The van der Waals surface area contributed by atoms with E-state index < -0.39 is 0 Å². The van der Waals surface area contributed by atoms with Gasteiger partial charge in [-0.3, -0.25) is 0 Å². The molecule has 0 fully saturated rings. The molecule has 0 saturated carbocycles. The number of rotatable bonds is 9. The van der Waals surface area contributed by atoms with Gasteiger partial charge in [-0.1, -0.05) is 60.7 Å². The summed E-state index contributed by atoms with van der Waals surface area (Å²) < 4.78 is 17.7. The van der Waals surface area contributed by atoms with E-state index >= 15 is 0 Å². The van der Waals surface area contributed by atoms with Gasteiger partial charge >= 0.3 is 0 Å². The summed E-state index contributed by atoms with van der Waals surface area (Å²) in [5, 5.41) is 0. The largest absolute Gasteiger partial charge is 0.493 e. The molecule has 140 valence electrons. The molecule has 0 radical (unpaired) electrons. The molecule has 2 N–H and O–H groups in total. The Hall–Kier alpha value is -2.98. The van der Waals surface area contributed by atoms with E-state index in [-0.39, 0.29) is 0 Å². The molecule has 0 spiro atoms. The Labute approximate surface area is 160 Å². The van der Waals surface area contributed by atoms with Crippen molar-refractivity contribution in [3.63, 3.8) is 0 Å². The number of hydrogen-bond donors (Lipinski definition) is 1. The van der Waals surface area contributed by atoms with Crippen molar-refractivity contribution in [1.82, 2.24) is 0 Å². The number of benzene rings is 3. The summed E-state index contributed by atoms with van der Waals surface area (Å²) >= 11 is 0. The van der Waals surface area contributed by atoms with E-state index in [1.807, 2.05) is 72.8 Å². The smallest absolute Gasteiger partial charge is 0.203 e. The lowest BCUT2D eigenvalue weighted by atomic mass is 10.1. The van der Waals surface area contributed by atoms with E-state index in [1.54, 1.807) is 7.11 Å². The van der Waals surface area contributed by atoms with Gasteiger partial charge in [0.05, 0.1) is 7.11 Å². The van der Waals surface area contributed by atoms with Crippen LogP contribution < -0.4 is 19.9 Å². The Morgan fingerprint density at radius 2 is 1.26 bits per heavy atom. The van der Waals surface area contributed by atoms with Crippen LogP contribution in [-0.4, -0.2) is 13.7 Å². The van der Waals surface area contributed by atoms with Crippen LogP contribution >= 0.6 is 0 Å². The summed E-state index contributed by atoms with van der Waals surface area (Å²) in [5.41, 5.74) is 8.96. The predicted molar refractivity (Wildman–Crippen MR) is 107 cm³/mol. The maximum Gasteiger partial charge on any atom is 0.203 e. The van der Waals surface area contributed by atoms with Crippen LogP contribution in [0.15, 0.2) is 72.8 Å². The quantitative estimate of drug-likeness (QED) is 0.614. The Morgan fingerprint density at radius 3 is 1.81 bits per heavy atom. The van der Waals surface area contributed by atoms with Gasteiger partial charge in [0.2, 0.25) is 5.75 Å². The van der Waals surface area contributed by atoms with Gasteiger partial charge in [-0.2, -0.15) is 0 Å². The molecule has 0 aliphatic carbocycles. The fourth-order valence-electron chi connectivity index (χ4n) is 2.81. The SMILES string of the molecule is COc1cc(CCN)cc(OCc2ccccc2)c1OCc1ccccc1. The van der Waals surface area contributed by atoms with Crippen LogP contribution in [0.1, 0.15) is 16.7 Å². The van der Waals surface area contributed by atoms with E-state index in [4.69, 9.17) is 19.9 Å². The zero-order chi connectivity index (χ0) is 18.9. The highest BCUT2D eigenvalue weighted by Gasteiger charge is 2.15. The van der Waals surface area contributed by atoms with Crippen LogP contribution in [0.25, 0.3) is 0 Å². The number of methoxy groups -OCH3 is 1. The van der Waals surface area contributed by atoms with Crippen molar-refractivity contribution in [3.8, 4) is 17.2 Å². The van der Waals surface area contributed by atoms with E-state index in [9.17, 15) is 0 Å². The Bertz CT molecular complexity index is 835. The van der Waals surface area contributed by atoms with Crippen molar-refractivity contribution in [2.75, 3.05) is 13.7 Å². The lowest BCUT2D eigenvalue weighted by molar-refractivity contribution is 0.243.